The topological polar surface area (TPSA) is 39.5 Å². The average Bonchev–Trinajstić information content (AvgIpc) is 3.28. The molecule has 0 bridgehead atoms. The molecule has 4 rings (SSSR count). The van der Waals surface area contributed by atoms with E-state index in [1.165, 1.54) is 28.8 Å². The zero-order chi connectivity index (χ0) is 18.8. The standard InChI is InChI=1S/C21H24FN3O2/c1-15-16(2)25(20-13-23-9-7-19(15)20)24(14-21-26-11-12-27-21)10-8-17-3-5-18(22)6-4-17/h3-7,9,13,21H,8,10-12,14H2,1-2H3. The van der Waals surface area contributed by atoms with Crippen molar-refractivity contribution in [2.45, 2.75) is 26.6 Å². The monoisotopic (exact) mass is 369 g/mol. The molecule has 5 nitrogen and oxygen atoms in total. The van der Waals surface area contributed by atoms with Crippen molar-refractivity contribution in [1.82, 2.24) is 9.66 Å². The zero-order valence-electron chi connectivity index (χ0n) is 15.7. The van der Waals surface area contributed by atoms with Gasteiger partial charge in [-0.25, -0.2) is 4.39 Å². The molecule has 0 spiro atoms. The molecule has 1 aliphatic rings. The Morgan fingerprint density at radius 3 is 2.63 bits per heavy atom. The number of fused-ring (bicyclic) bond motifs is 1. The van der Waals surface area contributed by atoms with Gasteiger partial charge >= 0.3 is 0 Å². The number of benzene rings is 1. The van der Waals surface area contributed by atoms with Crippen molar-refractivity contribution in [3.8, 4) is 0 Å². The molecule has 6 heteroatoms. The van der Waals surface area contributed by atoms with Gasteiger partial charge in [-0.3, -0.25) is 9.66 Å². The maximum atomic E-state index is 13.2. The highest BCUT2D eigenvalue weighted by Crippen LogP contribution is 2.25. The third-order valence-electron chi connectivity index (χ3n) is 5.20. The average molecular weight is 369 g/mol. The first-order chi connectivity index (χ1) is 13.1. The lowest BCUT2D eigenvalue weighted by atomic mass is 10.1. The summed E-state index contributed by atoms with van der Waals surface area (Å²) in [6.07, 6.45) is 4.28. The molecule has 0 radical (unpaired) electrons. The van der Waals surface area contributed by atoms with E-state index in [-0.39, 0.29) is 12.1 Å². The quantitative estimate of drug-likeness (QED) is 0.668. The predicted octanol–water partition coefficient (Wildman–Crippen LogP) is 3.35. The number of ether oxygens (including phenoxy) is 2. The van der Waals surface area contributed by atoms with Crippen LogP contribution >= 0.6 is 0 Å². The SMILES string of the molecule is Cc1c(C)n(N(CCc2ccc(F)cc2)CC2OCCO2)c2cnccc12. The van der Waals surface area contributed by atoms with Crippen molar-refractivity contribution in [2.75, 3.05) is 31.3 Å². The molecule has 0 amide bonds. The van der Waals surface area contributed by atoms with Gasteiger partial charge in [0.2, 0.25) is 0 Å². The number of hydrogen-bond donors (Lipinski definition) is 0. The Labute approximate surface area is 158 Å². The molecule has 2 aromatic heterocycles. The maximum absolute atomic E-state index is 13.2. The van der Waals surface area contributed by atoms with E-state index in [4.69, 9.17) is 9.47 Å². The van der Waals surface area contributed by atoms with E-state index in [2.05, 4.69) is 34.6 Å². The fourth-order valence-electron chi connectivity index (χ4n) is 3.64. The Balaban J connectivity index is 1.65. The number of hydrogen-bond acceptors (Lipinski definition) is 4. The first kappa shape index (κ1) is 17.9. The number of rotatable bonds is 6. The molecule has 0 atom stereocenters. The molecule has 0 saturated carbocycles. The minimum Gasteiger partial charge on any atom is -0.348 e. The molecule has 3 heterocycles. The summed E-state index contributed by atoms with van der Waals surface area (Å²) in [5.74, 6) is -0.211. The Kier molecular flexibility index (Phi) is 5.09. The lowest BCUT2D eigenvalue weighted by Crippen LogP contribution is -2.43. The van der Waals surface area contributed by atoms with Crippen LogP contribution in [0, 0.1) is 19.7 Å². The number of aryl methyl sites for hydroxylation is 1. The van der Waals surface area contributed by atoms with Crippen LogP contribution in [0.15, 0.2) is 42.7 Å². The minimum absolute atomic E-state index is 0.211. The van der Waals surface area contributed by atoms with Crippen LogP contribution in [-0.4, -0.2) is 42.3 Å². The van der Waals surface area contributed by atoms with E-state index in [0.29, 0.717) is 19.8 Å². The third-order valence-corrected chi connectivity index (χ3v) is 5.20. The second kappa shape index (κ2) is 7.66. The van der Waals surface area contributed by atoms with Gasteiger partial charge < -0.3 is 14.5 Å². The number of nitrogens with zero attached hydrogens (tertiary/aromatic N) is 3. The molecule has 3 aromatic rings. The third kappa shape index (κ3) is 3.68. The highest BCUT2D eigenvalue weighted by molar-refractivity contribution is 5.84. The van der Waals surface area contributed by atoms with Crippen LogP contribution in [0.2, 0.25) is 0 Å². The molecule has 142 valence electrons. The van der Waals surface area contributed by atoms with Gasteiger partial charge in [-0.15, -0.1) is 0 Å². The van der Waals surface area contributed by atoms with Crippen molar-refractivity contribution < 1.29 is 13.9 Å². The van der Waals surface area contributed by atoms with Gasteiger partial charge in [0.1, 0.15) is 5.82 Å². The second-order valence-corrected chi connectivity index (χ2v) is 6.88. The van der Waals surface area contributed by atoms with E-state index in [0.717, 1.165) is 24.0 Å². The normalized spacial score (nSPS) is 14.9. The molecule has 27 heavy (non-hydrogen) atoms. The van der Waals surface area contributed by atoms with Crippen LogP contribution in [0.25, 0.3) is 10.9 Å². The van der Waals surface area contributed by atoms with Crippen LogP contribution < -0.4 is 5.01 Å². The highest BCUT2D eigenvalue weighted by Gasteiger charge is 2.23. The largest absolute Gasteiger partial charge is 0.348 e. The summed E-state index contributed by atoms with van der Waals surface area (Å²) in [5, 5.41) is 3.44. The van der Waals surface area contributed by atoms with Crippen LogP contribution in [-0.2, 0) is 15.9 Å². The Morgan fingerprint density at radius 2 is 1.89 bits per heavy atom. The summed E-state index contributed by atoms with van der Waals surface area (Å²) >= 11 is 0. The first-order valence-electron chi connectivity index (χ1n) is 9.28. The molecule has 0 aliphatic carbocycles. The molecule has 0 N–H and O–H groups in total. The minimum atomic E-state index is -0.243. The number of halogens is 1. The van der Waals surface area contributed by atoms with E-state index >= 15 is 0 Å². The first-order valence-corrected chi connectivity index (χ1v) is 9.28. The van der Waals surface area contributed by atoms with Crippen LogP contribution in [0.1, 0.15) is 16.8 Å². The van der Waals surface area contributed by atoms with Crippen molar-refractivity contribution in [1.29, 1.82) is 0 Å². The molecular formula is C21H24FN3O2. The van der Waals surface area contributed by atoms with Crippen molar-refractivity contribution in [3.05, 3.63) is 65.4 Å². The molecular weight excluding hydrogens is 345 g/mol. The van der Waals surface area contributed by atoms with Gasteiger partial charge in [-0.05, 0) is 49.6 Å². The predicted molar refractivity (Wildman–Crippen MR) is 103 cm³/mol. The van der Waals surface area contributed by atoms with Crippen molar-refractivity contribution in [2.24, 2.45) is 0 Å². The van der Waals surface area contributed by atoms with E-state index < -0.39 is 0 Å². The summed E-state index contributed by atoms with van der Waals surface area (Å²) in [7, 11) is 0. The van der Waals surface area contributed by atoms with E-state index in [1.54, 1.807) is 0 Å². The Bertz CT molecular complexity index is 917. The Morgan fingerprint density at radius 1 is 1.15 bits per heavy atom. The van der Waals surface area contributed by atoms with Crippen molar-refractivity contribution in [3.63, 3.8) is 0 Å². The van der Waals surface area contributed by atoms with Crippen LogP contribution in [0.5, 0.6) is 0 Å². The fraction of sp³-hybridized carbons (Fsp3) is 0.381. The lowest BCUT2D eigenvalue weighted by molar-refractivity contribution is -0.0372. The summed E-state index contributed by atoms with van der Waals surface area (Å²) < 4.78 is 26.8. The highest BCUT2D eigenvalue weighted by atomic mass is 19.1. The fourth-order valence-corrected chi connectivity index (χ4v) is 3.64. The molecule has 1 saturated heterocycles. The number of pyridine rings is 1. The van der Waals surface area contributed by atoms with Crippen LogP contribution in [0.3, 0.4) is 0 Å². The maximum Gasteiger partial charge on any atom is 0.176 e. The molecule has 0 unspecified atom stereocenters. The molecule has 1 fully saturated rings. The van der Waals surface area contributed by atoms with Gasteiger partial charge in [0.25, 0.3) is 0 Å². The lowest BCUT2D eigenvalue weighted by Gasteiger charge is -2.30. The smallest absolute Gasteiger partial charge is 0.176 e. The summed E-state index contributed by atoms with van der Waals surface area (Å²) in [5.41, 5.74) is 4.59. The second-order valence-electron chi connectivity index (χ2n) is 6.88. The van der Waals surface area contributed by atoms with Gasteiger partial charge in [-0.1, -0.05) is 12.1 Å². The zero-order valence-corrected chi connectivity index (χ0v) is 15.7. The number of aromatic nitrogens is 2. The summed E-state index contributed by atoms with van der Waals surface area (Å²) in [6.45, 7) is 6.89. The van der Waals surface area contributed by atoms with E-state index in [9.17, 15) is 4.39 Å². The van der Waals surface area contributed by atoms with Gasteiger partial charge in [0.15, 0.2) is 6.29 Å². The van der Waals surface area contributed by atoms with Gasteiger partial charge in [0, 0.05) is 23.8 Å². The Hall–Kier alpha value is -2.44. The van der Waals surface area contributed by atoms with E-state index in [1.807, 2.05) is 24.5 Å². The van der Waals surface area contributed by atoms with Gasteiger partial charge in [-0.2, -0.15) is 0 Å². The summed E-state index contributed by atoms with van der Waals surface area (Å²) in [6, 6.07) is 8.74. The molecule has 1 aromatic carbocycles. The van der Waals surface area contributed by atoms with Crippen molar-refractivity contribution >= 4 is 10.9 Å². The summed E-state index contributed by atoms with van der Waals surface area (Å²) in [4.78, 5) is 4.32. The van der Waals surface area contributed by atoms with Crippen LogP contribution in [0.4, 0.5) is 4.39 Å². The molecule has 1 aliphatic heterocycles. The van der Waals surface area contributed by atoms with Gasteiger partial charge in [0.05, 0.1) is 31.5 Å².